The number of fused-ring (bicyclic) bond motifs is 1. The van der Waals surface area contributed by atoms with Crippen molar-refractivity contribution in [2.24, 2.45) is 0 Å². The number of ether oxygens (including phenoxy) is 1. The van der Waals surface area contributed by atoms with Crippen LogP contribution in [0.1, 0.15) is 24.1 Å². The first-order chi connectivity index (χ1) is 21.6. The van der Waals surface area contributed by atoms with Gasteiger partial charge in [-0.3, -0.25) is 0 Å². The molecule has 11 nitrogen and oxygen atoms in total. The maximum Gasteiger partial charge on any atom is 0.421 e. The molecule has 0 bridgehead atoms. The predicted octanol–water partition coefficient (Wildman–Crippen LogP) is 6.15. The molecule has 2 aromatic carbocycles. The third-order valence-electron chi connectivity index (χ3n) is 7.61. The van der Waals surface area contributed by atoms with Crippen LogP contribution < -0.4 is 26.0 Å². The topological polar surface area (TPSA) is 129 Å². The van der Waals surface area contributed by atoms with Crippen molar-refractivity contribution in [2.45, 2.75) is 32.5 Å². The van der Waals surface area contributed by atoms with Gasteiger partial charge in [0.05, 0.1) is 30.4 Å². The minimum atomic E-state index is -4.80. The highest BCUT2D eigenvalue weighted by Gasteiger charge is 2.36. The quantitative estimate of drug-likeness (QED) is 0.125. The number of benzene rings is 2. The number of aromatic hydroxyl groups is 1. The summed E-state index contributed by atoms with van der Waals surface area (Å²) in [7, 11) is 1.41. The molecule has 0 radical (unpaired) electrons. The highest BCUT2D eigenvalue weighted by atomic mass is 19.4. The number of rotatable bonds is 11. The van der Waals surface area contributed by atoms with E-state index in [4.69, 9.17) is 4.74 Å². The molecule has 5 N–H and O–H groups in total. The summed E-state index contributed by atoms with van der Waals surface area (Å²) in [6.07, 6.45) is -1.82. The molecule has 2 amide bonds. The summed E-state index contributed by atoms with van der Waals surface area (Å²) in [5, 5.41) is 22.7. The Bertz CT molecular complexity index is 1670. The average Bonchev–Trinajstić information content (AvgIpc) is 3.61. The van der Waals surface area contributed by atoms with Crippen LogP contribution in [0.25, 0.3) is 10.8 Å². The van der Waals surface area contributed by atoms with Gasteiger partial charge in [-0.25, -0.2) is 14.2 Å². The van der Waals surface area contributed by atoms with Gasteiger partial charge in [0.2, 0.25) is 11.8 Å². The molecule has 0 atom stereocenters. The summed E-state index contributed by atoms with van der Waals surface area (Å²) in [5.74, 6) is -0.734. The fourth-order valence-electron chi connectivity index (χ4n) is 5.37. The third-order valence-corrected chi connectivity index (χ3v) is 7.61. The van der Waals surface area contributed by atoms with Crippen LogP contribution in [0.15, 0.2) is 42.6 Å². The summed E-state index contributed by atoms with van der Waals surface area (Å²) in [5.41, 5.74) is 0.352. The van der Waals surface area contributed by atoms with E-state index in [1.54, 1.807) is 37.3 Å². The lowest BCUT2D eigenvalue weighted by Gasteiger charge is -2.17. The molecule has 240 valence electrons. The number of likely N-dealkylation sites (tertiary alicyclic amines) is 1. The minimum Gasteiger partial charge on any atom is -0.494 e. The summed E-state index contributed by atoms with van der Waals surface area (Å²) in [6, 6.07) is 9.14. The van der Waals surface area contributed by atoms with E-state index in [-0.39, 0.29) is 41.2 Å². The van der Waals surface area contributed by atoms with Crippen molar-refractivity contribution in [1.29, 1.82) is 0 Å². The van der Waals surface area contributed by atoms with Crippen molar-refractivity contribution in [1.82, 2.24) is 24.8 Å². The maximum absolute atomic E-state index is 14.0. The number of alkyl halides is 4. The number of nitrogens with one attached hydrogen (secondary N) is 4. The predicted molar refractivity (Wildman–Crippen MR) is 164 cm³/mol. The molecule has 45 heavy (non-hydrogen) atoms. The van der Waals surface area contributed by atoms with Crippen LogP contribution in [0.3, 0.4) is 0 Å². The van der Waals surface area contributed by atoms with Crippen molar-refractivity contribution in [3.8, 4) is 11.6 Å². The van der Waals surface area contributed by atoms with E-state index in [1.165, 1.54) is 30.6 Å². The summed E-state index contributed by atoms with van der Waals surface area (Å²) in [6.45, 7) is 4.18. The molecule has 1 aliphatic heterocycles. The Balaban J connectivity index is 1.36. The Kier molecular flexibility index (Phi) is 9.46. The normalized spacial score (nSPS) is 13.6. The van der Waals surface area contributed by atoms with Crippen molar-refractivity contribution in [3.63, 3.8) is 0 Å². The highest BCUT2D eigenvalue weighted by molar-refractivity contribution is 6.01. The fourth-order valence-corrected chi connectivity index (χ4v) is 5.37. The third kappa shape index (κ3) is 7.14. The van der Waals surface area contributed by atoms with Crippen LogP contribution in [0.2, 0.25) is 0 Å². The number of methoxy groups -OCH3 is 1. The molecule has 3 heterocycles. The minimum absolute atomic E-state index is 0.110. The molecule has 0 aliphatic carbocycles. The summed E-state index contributed by atoms with van der Waals surface area (Å²) >= 11 is 0. The molecule has 1 saturated heterocycles. The van der Waals surface area contributed by atoms with Gasteiger partial charge in [-0.05, 0) is 51.1 Å². The standard InChI is InChI=1S/C30H34F4N8O3/c1-18-20-6-5-7-23(25(20)27(43)42(18)14-10-31)38-26-21(30(32,33)34)17-36-28(40-26)39-22-9-8-19(16-24(22)45-2)37-29(44)35-11-15-41-12-3-4-13-41/h5-9,16-17,43H,3-4,10-15H2,1-2H3,(H2,35,37,44)(H2,36,38,39,40). The number of hydrogen-bond acceptors (Lipinski definition) is 8. The highest BCUT2D eigenvalue weighted by Crippen LogP contribution is 2.41. The number of aryl methyl sites for hydroxylation is 1. The van der Waals surface area contributed by atoms with Gasteiger partial charge in [-0.2, -0.15) is 18.2 Å². The number of hydrogen-bond donors (Lipinski definition) is 5. The molecule has 1 fully saturated rings. The first-order valence-electron chi connectivity index (χ1n) is 14.4. The van der Waals surface area contributed by atoms with Crippen molar-refractivity contribution < 1.29 is 32.2 Å². The number of carbonyl (C=O) groups excluding carboxylic acids is 1. The number of aromatic nitrogens is 3. The number of amides is 2. The van der Waals surface area contributed by atoms with Gasteiger partial charge in [0.25, 0.3) is 0 Å². The second kappa shape index (κ2) is 13.5. The van der Waals surface area contributed by atoms with E-state index in [2.05, 4.69) is 36.1 Å². The van der Waals surface area contributed by atoms with Crippen LogP contribution >= 0.6 is 0 Å². The largest absolute Gasteiger partial charge is 0.494 e. The molecule has 5 rings (SSSR count). The van der Waals surface area contributed by atoms with Crippen LogP contribution in [-0.2, 0) is 12.7 Å². The first kappa shape index (κ1) is 31.6. The monoisotopic (exact) mass is 630 g/mol. The molecule has 0 unspecified atom stereocenters. The number of nitrogens with zero attached hydrogens (tertiary/aromatic N) is 4. The van der Waals surface area contributed by atoms with E-state index >= 15 is 0 Å². The lowest BCUT2D eigenvalue weighted by Crippen LogP contribution is -2.35. The van der Waals surface area contributed by atoms with Crippen molar-refractivity contribution in [2.75, 3.05) is 55.9 Å². The Morgan fingerprint density at radius 3 is 2.58 bits per heavy atom. The van der Waals surface area contributed by atoms with Crippen molar-refractivity contribution in [3.05, 3.63) is 53.9 Å². The zero-order valence-corrected chi connectivity index (χ0v) is 24.8. The molecule has 0 saturated carbocycles. The summed E-state index contributed by atoms with van der Waals surface area (Å²) in [4.78, 5) is 22.6. The summed E-state index contributed by atoms with van der Waals surface area (Å²) < 4.78 is 61.9. The van der Waals surface area contributed by atoms with Gasteiger partial charge in [-0.1, -0.05) is 12.1 Å². The first-order valence-corrected chi connectivity index (χ1v) is 14.4. The zero-order valence-electron chi connectivity index (χ0n) is 24.8. The molecular weight excluding hydrogens is 596 g/mol. The zero-order chi connectivity index (χ0) is 32.1. The van der Waals surface area contributed by atoms with Gasteiger partial charge < -0.3 is 40.6 Å². The van der Waals surface area contributed by atoms with E-state index in [0.29, 0.717) is 35.2 Å². The van der Waals surface area contributed by atoms with Crippen molar-refractivity contribution >= 4 is 45.6 Å². The van der Waals surface area contributed by atoms with Gasteiger partial charge >= 0.3 is 12.2 Å². The Morgan fingerprint density at radius 1 is 1.09 bits per heavy atom. The molecule has 2 aromatic heterocycles. The number of urea groups is 1. The fraction of sp³-hybridized carbons (Fsp3) is 0.367. The van der Waals surface area contributed by atoms with E-state index in [9.17, 15) is 27.5 Å². The van der Waals surface area contributed by atoms with Crippen LogP contribution in [0, 0.1) is 6.92 Å². The van der Waals surface area contributed by atoms with Crippen LogP contribution in [0.4, 0.5) is 51.2 Å². The van der Waals surface area contributed by atoms with E-state index in [0.717, 1.165) is 19.6 Å². The van der Waals surface area contributed by atoms with Crippen LogP contribution in [0.5, 0.6) is 11.6 Å². The molecular formula is C30H34F4N8O3. The van der Waals surface area contributed by atoms with E-state index < -0.39 is 24.2 Å². The number of carbonyl (C=O) groups is 1. The lowest BCUT2D eigenvalue weighted by atomic mass is 10.1. The molecule has 0 spiro atoms. The van der Waals surface area contributed by atoms with Gasteiger partial charge in [0.1, 0.15) is 23.8 Å². The lowest BCUT2D eigenvalue weighted by molar-refractivity contribution is -0.137. The van der Waals surface area contributed by atoms with E-state index in [1.807, 2.05) is 0 Å². The molecule has 4 aromatic rings. The van der Waals surface area contributed by atoms with Gasteiger partial charge in [-0.15, -0.1) is 0 Å². The van der Waals surface area contributed by atoms with Crippen LogP contribution in [-0.4, -0.2) is 70.5 Å². The Morgan fingerprint density at radius 2 is 1.87 bits per heavy atom. The second-order valence-electron chi connectivity index (χ2n) is 10.5. The molecule has 15 heteroatoms. The SMILES string of the molecule is COc1cc(NC(=O)NCCN2CCCC2)ccc1Nc1ncc(C(F)(F)F)c(Nc2cccc3c(C)n(CCF)c(O)c23)n1. The number of anilines is 5. The van der Waals surface area contributed by atoms with Gasteiger partial charge in [0.15, 0.2) is 0 Å². The molecule has 1 aliphatic rings. The smallest absolute Gasteiger partial charge is 0.421 e. The second-order valence-corrected chi connectivity index (χ2v) is 10.5. The Hall–Kier alpha value is -4.79. The number of halogens is 4. The maximum atomic E-state index is 14.0. The Labute approximate surface area is 256 Å². The van der Waals surface area contributed by atoms with Gasteiger partial charge in [0, 0.05) is 42.1 Å². The average molecular weight is 631 g/mol.